The summed E-state index contributed by atoms with van der Waals surface area (Å²) in [6, 6.07) is 0. The van der Waals surface area contributed by atoms with Gasteiger partial charge in [0.15, 0.2) is 0 Å². The topological polar surface area (TPSA) is 47.6 Å². The maximum atomic E-state index is 13.8. The van der Waals surface area contributed by atoms with Crippen molar-refractivity contribution in [1.82, 2.24) is 5.09 Å². The Balaban J connectivity index is 0.0000192. The number of quaternary nitrogens is 1. The normalized spacial score (nSPS) is 17.5. The van der Waals surface area contributed by atoms with Crippen molar-refractivity contribution in [3.8, 4) is 0 Å². The van der Waals surface area contributed by atoms with Gasteiger partial charge in [-0.15, -0.1) is 7.05 Å². The van der Waals surface area contributed by atoms with Gasteiger partial charge in [0, 0.05) is 35.1 Å². The molecular formula is C54H111N2O3PS2. The van der Waals surface area contributed by atoms with Gasteiger partial charge in [0.25, 0.3) is 0 Å². The Morgan fingerprint density at radius 3 is 1.15 bits per heavy atom. The Morgan fingerprint density at radius 2 is 0.823 bits per heavy atom. The van der Waals surface area contributed by atoms with Crippen LogP contribution in [0.25, 0.3) is 0 Å². The van der Waals surface area contributed by atoms with E-state index in [9.17, 15) is 4.57 Å². The van der Waals surface area contributed by atoms with Crippen LogP contribution in [0.4, 0.5) is 0 Å². The van der Waals surface area contributed by atoms with Crippen molar-refractivity contribution in [2.24, 2.45) is 0 Å². The molecule has 0 aromatic rings. The Kier molecular flexibility index (Phi) is 41.1. The van der Waals surface area contributed by atoms with E-state index < -0.39 is 7.75 Å². The molecule has 0 bridgehead atoms. The first-order valence-electron chi connectivity index (χ1n) is 27.4. The lowest BCUT2D eigenvalue weighted by atomic mass is 10.0. The fourth-order valence-corrected chi connectivity index (χ4v) is 14.4. The minimum atomic E-state index is -3.32. The van der Waals surface area contributed by atoms with Crippen LogP contribution in [0.2, 0.25) is 0 Å². The number of thioether (sulfide) groups is 2. The van der Waals surface area contributed by atoms with E-state index in [-0.39, 0.29) is 7.43 Å². The highest BCUT2D eigenvalue weighted by molar-refractivity contribution is 8.00. The van der Waals surface area contributed by atoms with Crippen molar-refractivity contribution in [3.63, 3.8) is 0 Å². The zero-order valence-electron chi connectivity index (χ0n) is 41.6. The molecule has 0 spiro atoms. The standard InChI is InChI=1S/C53H107N2O3PS2.CH4/c1-6-8-10-12-14-20-28-38-50(60-52-42-32-26-33-43-52)40-30-22-16-18-24-36-48-57-59(56,54-46-47-55(3,4)5)58-49-37-25-19-17-23-31-41-51(61-53-44-34-27-35-45-53)39-29-21-15-13-11-9-7-2;/h50-53H,3,6-49H2,1-2,4-5H3,(H,54,56);1H4. The van der Waals surface area contributed by atoms with Gasteiger partial charge in [-0.25, -0.2) is 9.65 Å². The van der Waals surface area contributed by atoms with Gasteiger partial charge in [0.2, 0.25) is 0 Å². The van der Waals surface area contributed by atoms with Crippen LogP contribution < -0.4 is 5.09 Å². The number of likely N-dealkylation sites (N-methyl/N-ethyl adjacent to an activating group) is 1. The minimum absolute atomic E-state index is 0. The number of nitrogens with one attached hydrogen (secondary N) is 1. The SMILES string of the molecule is C.[CH2-][N+](C)(C)CCNP(=O)(OCCCCCCCCC(CCCCCCCCC)SC1CCCCC1)OCCCCCCCCC(CCCCCCCCC)SC1CCCCC1. The molecular weight excluding hydrogens is 820 g/mol. The van der Waals surface area contributed by atoms with Crippen LogP contribution in [0.5, 0.6) is 0 Å². The summed E-state index contributed by atoms with van der Waals surface area (Å²) >= 11 is 4.75. The van der Waals surface area contributed by atoms with E-state index in [0.717, 1.165) is 53.2 Å². The molecule has 2 rings (SSSR count). The first kappa shape index (κ1) is 60.8. The summed E-state index contributed by atoms with van der Waals surface area (Å²) in [6.07, 6.45) is 54.9. The monoisotopic (exact) mass is 931 g/mol. The largest absolute Gasteiger partial charge is 0.461 e. The van der Waals surface area contributed by atoms with Crippen LogP contribution >= 0.6 is 31.3 Å². The Hall–Kier alpha value is 0.770. The summed E-state index contributed by atoms with van der Waals surface area (Å²) in [5.74, 6) is 0. The molecule has 372 valence electrons. The summed E-state index contributed by atoms with van der Waals surface area (Å²) in [5.41, 5.74) is 0. The van der Waals surface area contributed by atoms with Gasteiger partial charge in [0.05, 0.1) is 26.3 Å². The highest BCUT2D eigenvalue weighted by Crippen LogP contribution is 2.44. The van der Waals surface area contributed by atoms with Crippen LogP contribution in [-0.4, -0.2) is 65.9 Å². The second-order valence-electron chi connectivity index (χ2n) is 20.4. The maximum Gasteiger partial charge on any atom is 0.405 e. The molecule has 2 saturated carbocycles. The van der Waals surface area contributed by atoms with E-state index in [2.05, 4.69) is 63.6 Å². The maximum absolute atomic E-state index is 13.8. The van der Waals surface area contributed by atoms with Crippen LogP contribution in [0.1, 0.15) is 278 Å². The summed E-state index contributed by atoms with van der Waals surface area (Å²) in [7, 11) is 4.98. The molecule has 2 unspecified atom stereocenters. The zero-order chi connectivity index (χ0) is 44.0. The zero-order valence-corrected chi connectivity index (χ0v) is 44.1. The smallest absolute Gasteiger partial charge is 0.405 e. The lowest BCUT2D eigenvalue weighted by molar-refractivity contribution is -0.844. The number of nitrogens with zero attached hydrogens (tertiary/aromatic N) is 1. The van der Waals surface area contributed by atoms with Gasteiger partial charge in [-0.2, -0.15) is 23.5 Å². The molecule has 0 saturated heterocycles. The van der Waals surface area contributed by atoms with Crippen molar-refractivity contribution >= 4 is 31.3 Å². The highest BCUT2D eigenvalue weighted by Gasteiger charge is 2.25. The molecule has 5 nitrogen and oxygen atoms in total. The average molecular weight is 932 g/mol. The molecule has 8 heteroatoms. The third-order valence-electron chi connectivity index (χ3n) is 13.5. The van der Waals surface area contributed by atoms with E-state index in [1.807, 2.05) is 0 Å². The molecule has 2 aliphatic carbocycles. The van der Waals surface area contributed by atoms with Crippen LogP contribution in [-0.2, 0) is 13.6 Å². The predicted molar refractivity (Wildman–Crippen MR) is 283 cm³/mol. The Morgan fingerprint density at radius 1 is 0.516 bits per heavy atom. The fraction of sp³-hybridized carbons (Fsp3) is 0.981. The number of rotatable bonds is 44. The van der Waals surface area contributed by atoms with Gasteiger partial charge >= 0.3 is 7.75 Å². The van der Waals surface area contributed by atoms with Crippen molar-refractivity contribution in [2.75, 3.05) is 40.4 Å². The van der Waals surface area contributed by atoms with E-state index >= 15 is 0 Å². The molecule has 2 fully saturated rings. The quantitative estimate of drug-likeness (QED) is 0.0284. The highest BCUT2D eigenvalue weighted by atomic mass is 32.2. The van der Waals surface area contributed by atoms with Crippen molar-refractivity contribution in [2.45, 2.75) is 299 Å². The Bertz CT molecular complexity index is 923. The number of hydrogen-bond acceptors (Lipinski definition) is 5. The second-order valence-corrected chi connectivity index (χ2v) is 25.4. The van der Waals surface area contributed by atoms with Crippen molar-refractivity contribution in [1.29, 1.82) is 0 Å². The Labute approximate surface area is 399 Å². The van der Waals surface area contributed by atoms with Crippen LogP contribution in [0.3, 0.4) is 0 Å². The fourth-order valence-electron chi connectivity index (χ4n) is 9.52. The van der Waals surface area contributed by atoms with Gasteiger partial charge in [-0.1, -0.05) is 214 Å². The molecule has 0 amide bonds. The summed E-state index contributed by atoms with van der Waals surface area (Å²) in [4.78, 5) is 0. The summed E-state index contributed by atoms with van der Waals surface area (Å²) in [6.45, 7) is 6.98. The second kappa shape index (κ2) is 41.9. The van der Waals surface area contributed by atoms with Crippen molar-refractivity contribution < 1.29 is 18.1 Å². The molecule has 0 heterocycles. The molecule has 2 atom stereocenters. The van der Waals surface area contributed by atoms with E-state index in [4.69, 9.17) is 9.05 Å². The molecule has 0 aromatic carbocycles. The number of hydrogen-bond donors (Lipinski definition) is 1. The first-order chi connectivity index (χ1) is 29.7. The van der Waals surface area contributed by atoms with Crippen molar-refractivity contribution in [3.05, 3.63) is 7.05 Å². The molecule has 0 aromatic heterocycles. The lowest BCUT2D eigenvalue weighted by Gasteiger charge is -2.33. The van der Waals surface area contributed by atoms with Gasteiger partial charge in [-0.3, -0.25) is 9.05 Å². The van der Waals surface area contributed by atoms with Gasteiger partial charge in [0.1, 0.15) is 0 Å². The van der Waals surface area contributed by atoms with Crippen LogP contribution in [0, 0.1) is 7.05 Å². The van der Waals surface area contributed by atoms with Gasteiger partial charge in [-0.05, 0) is 64.2 Å². The van der Waals surface area contributed by atoms with E-state index in [1.165, 1.54) is 231 Å². The predicted octanol–water partition coefficient (Wildman–Crippen LogP) is 18.8. The van der Waals surface area contributed by atoms with Crippen LogP contribution in [0.15, 0.2) is 0 Å². The molecule has 62 heavy (non-hydrogen) atoms. The molecule has 0 radical (unpaired) electrons. The lowest BCUT2D eigenvalue weighted by Crippen LogP contribution is -2.38. The third-order valence-corrected chi connectivity index (χ3v) is 18.6. The third kappa shape index (κ3) is 36.8. The number of unbranched alkanes of at least 4 members (excludes halogenated alkanes) is 22. The minimum Gasteiger partial charge on any atom is -0.461 e. The summed E-state index contributed by atoms with van der Waals surface area (Å²) in [5, 5.41) is 6.80. The molecule has 1 N–H and O–H groups in total. The molecule has 0 aliphatic heterocycles. The average Bonchev–Trinajstić information content (AvgIpc) is 3.24. The van der Waals surface area contributed by atoms with Gasteiger partial charge < -0.3 is 4.48 Å². The van der Waals surface area contributed by atoms with E-state index in [0.29, 0.717) is 24.2 Å². The molecule has 2 aliphatic rings. The first-order valence-corrected chi connectivity index (χ1v) is 30.8. The summed E-state index contributed by atoms with van der Waals surface area (Å²) < 4.78 is 26.4. The van der Waals surface area contributed by atoms with E-state index in [1.54, 1.807) is 0 Å².